The molecule has 2 N–H and O–H groups in total. The summed E-state index contributed by atoms with van der Waals surface area (Å²) in [6.07, 6.45) is 1.33. The molecule has 10 rings (SSSR count). The van der Waals surface area contributed by atoms with Crippen molar-refractivity contribution in [2.45, 2.75) is 100 Å². The Labute approximate surface area is 302 Å². The Morgan fingerprint density at radius 1 is 0.981 bits per heavy atom. The fourth-order valence-electron chi connectivity index (χ4n) is 10.6. The molecular weight excluding hydrogens is 701 g/mol. The Morgan fingerprint density at radius 3 is 2.30 bits per heavy atom. The first-order valence-corrected chi connectivity index (χ1v) is 18.8. The molecule has 4 bridgehead atoms. The van der Waals surface area contributed by atoms with E-state index in [1.807, 2.05) is 4.57 Å². The van der Waals surface area contributed by atoms with Crippen molar-refractivity contribution in [1.29, 1.82) is 0 Å². The van der Waals surface area contributed by atoms with E-state index >= 15 is 0 Å². The summed E-state index contributed by atoms with van der Waals surface area (Å²) in [6.45, 7) is 3.01. The van der Waals surface area contributed by atoms with Gasteiger partial charge < -0.3 is 24.5 Å². The number of carboxylic acids is 1. The normalized spacial score (nSPS) is 31.5. The van der Waals surface area contributed by atoms with Gasteiger partial charge in [-0.2, -0.15) is 13.2 Å². The van der Waals surface area contributed by atoms with Gasteiger partial charge in [-0.05, 0) is 87.2 Å². The third-order valence-electron chi connectivity index (χ3n) is 13.1. The second-order valence-electron chi connectivity index (χ2n) is 16.3. The third-order valence-corrected chi connectivity index (χ3v) is 13.1. The number of nitrogens with one attached hydrogen (secondary N) is 1. The van der Waals surface area contributed by atoms with Crippen LogP contribution in [0.5, 0.6) is 5.75 Å². The molecule has 15 heteroatoms. The zero-order chi connectivity index (χ0) is 36.9. The van der Waals surface area contributed by atoms with Crippen molar-refractivity contribution in [3.63, 3.8) is 0 Å². The van der Waals surface area contributed by atoms with Gasteiger partial charge in [0, 0.05) is 61.4 Å². The van der Waals surface area contributed by atoms with E-state index in [0.717, 1.165) is 32.1 Å². The lowest BCUT2D eigenvalue weighted by molar-refractivity contribution is -0.163. The van der Waals surface area contributed by atoms with E-state index < -0.39 is 40.8 Å². The quantitative estimate of drug-likeness (QED) is 0.244. The number of alkyl halides is 5. The Hall–Kier alpha value is -3.85. The predicted octanol–water partition coefficient (Wildman–Crippen LogP) is 6.73. The molecule has 10 nitrogen and oxygen atoms in total. The Morgan fingerprint density at radius 2 is 1.68 bits per heavy atom. The number of nitrogens with zero attached hydrogens (tertiary/aromatic N) is 4. The van der Waals surface area contributed by atoms with Gasteiger partial charge in [-0.1, -0.05) is 0 Å². The number of aromatic nitrogens is 3. The fraction of sp³-hybridized carbons (Fsp3) is 0.632. The minimum Gasteiger partial charge on any atom is -0.489 e. The van der Waals surface area contributed by atoms with E-state index in [9.17, 15) is 36.6 Å². The second kappa shape index (κ2) is 12.6. The zero-order valence-corrected chi connectivity index (χ0v) is 29.1. The monoisotopic (exact) mass is 743 g/mol. The molecule has 53 heavy (non-hydrogen) atoms. The first-order chi connectivity index (χ1) is 25.3. The van der Waals surface area contributed by atoms with E-state index in [1.165, 1.54) is 0 Å². The smallest absolute Gasteiger partial charge is 0.434 e. The first kappa shape index (κ1) is 34.9. The van der Waals surface area contributed by atoms with Crippen LogP contribution >= 0.6 is 0 Å². The summed E-state index contributed by atoms with van der Waals surface area (Å²) in [6, 6.07) is 5.29. The van der Waals surface area contributed by atoms with Gasteiger partial charge >= 0.3 is 12.1 Å². The molecule has 284 valence electrons. The number of amides is 1. The maximum absolute atomic E-state index is 14.8. The number of hydrogen-bond acceptors (Lipinski definition) is 7. The number of aliphatic carboxylic acids is 1. The van der Waals surface area contributed by atoms with Gasteiger partial charge in [0.15, 0.2) is 11.5 Å². The number of halogens is 5. The number of fused-ring (bicyclic) bond motifs is 1. The first-order valence-electron chi connectivity index (χ1n) is 18.8. The van der Waals surface area contributed by atoms with Crippen LogP contribution in [0.4, 0.5) is 22.0 Å². The number of benzene rings is 1. The minimum absolute atomic E-state index is 0.0696. The topological polar surface area (TPSA) is 119 Å². The standard InChI is InChI=1S/C38H42F5N5O5/c39-36(40)6-3-24(4-7-36)48-17-30(28-2-1-26(14-31(28)48)53-27-5-8-47(16-27)25-18-52-19-25)33-44-15-29(32(45-33)38(41,42)43)34(49)46-37(35(50)51)22-10-20-9-21(12-22)13-23(37)11-20/h1-2,14-15,17,20-25,27H,3-13,16,18-19H2,(H,46,49)(H,50,51)/t20?,21?,22?,23?,27-,37?/m0/s1. The number of carbonyl (C=O) groups excluding carboxylic acids is 1. The Bertz CT molecular complexity index is 1910. The fourth-order valence-corrected chi connectivity index (χ4v) is 10.6. The van der Waals surface area contributed by atoms with Gasteiger partial charge in [-0.25, -0.2) is 23.5 Å². The maximum Gasteiger partial charge on any atom is 0.434 e. The highest BCUT2D eigenvalue weighted by atomic mass is 19.4. The summed E-state index contributed by atoms with van der Waals surface area (Å²) < 4.78 is 86.3. The molecular formula is C38H42F5N5O5. The molecule has 4 heterocycles. The van der Waals surface area contributed by atoms with Crippen LogP contribution in [0.15, 0.2) is 30.6 Å². The summed E-state index contributed by atoms with van der Waals surface area (Å²) >= 11 is 0. The van der Waals surface area contributed by atoms with Gasteiger partial charge in [-0.15, -0.1) is 0 Å². The zero-order valence-electron chi connectivity index (χ0n) is 29.1. The lowest BCUT2D eigenvalue weighted by Gasteiger charge is -2.59. The van der Waals surface area contributed by atoms with Gasteiger partial charge in [-0.3, -0.25) is 9.69 Å². The summed E-state index contributed by atoms with van der Waals surface area (Å²) in [5.41, 5.74) is -3.12. The molecule has 0 radical (unpaired) electrons. The summed E-state index contributed by atoms with van der Waals surface area (Å²) in [4.78, 5) is 37.1. The van der Waals surface area contributed by atoms with Crippen LogP contribution in [0.1, 0.15) is 86.3 Å². The summed E-state index contributed by atoms with van der Waals surface area (Å²) in [5, 5.41) is 13.6. The summed E-state index contributed by atoms with van der Waals surface area (Å²) in [7, 11) is 0. The number of rotatable bonds is 8. The van der Waals surface area contributed by atoms with Crippen LogP contribution in [0, 0.1) is 23.7 Å². The predicted molar refractivity (Wildman–Crippen MR) is 181 cm³/mol. The average Bonchev–Trinajstić information content (AvgIpc) is 3.69. The lowest BCUT2D eigenvalue weighted by atomic mass is 9.48. The minimum atomic E-state index is -5.07. The van der Waals surface area contributed by atoms with Crippen LogP contribution in [-0.2, 0) is 15.7 Å². The van der Waals surface area contributed by atoms with Crippen molar-refractivity contribution in [2.24, 2.45) is 23.7 Å². The van der Waals surface area contributed by atoms with Crippen LogP contribution in [0.2, 0.25) is 0 Å². The average molecular weight is 744 g/mol. The van der Waals surface area contributed by atoms with Gasteiger partial charge in [0.25, 0.3) is 5.91 Å². The molecule has 2 aromatic heterocycles. The van der Waals surface area contributed by atoms with E-state index in [-0.39, 0.29) is 61.1 Å². The molecule has 3 aromatic rings. The Balaban J connectivity index is 1.05. The highest BCUT2D eigenvalue weighted by Gasteiger charge is 2.62. The van der Waals surface area contributed by atoms with Crippen molar-refractivity contribution < 1.29 is 46.1 Å². The number of carbonyl (C=O) groups is 2. The third kappa shape index (κ3) is 6.05. The van der Waals surface area contributed by atoms with Crippen LogP contribution in [-0.4, -0.2) is 86.3 Å². The van der Waals surface area contributed by atoms with E-state index in [0.29, 0.717) is 73.4 Å². The molecule has 7 fully saturated rings. The highest BCUT2D eigenvalue weighted by molar-refractivity contribution is 6.00. The van der Waals surface area contributed by atoms with Crippen LogP contribution < -0.4 is 10.1 Å². The molecule has 1 amide bonds. The number of likely N-dealkylation sites (tertiary alicyclic amines) is 1. The molecule has 2 saturated heterocycles. The lowest BCUT2D eigenvalue weighted by Crippen LogP contribution is -2.70. The maximum atomic E-state index is 14.8. The van der Waals surface area contributed by atoms with E-state index in [2.05, 4.69) is 20.2 Å². The molecule has 1 aromatic carbocycles. The molecule has 2 aliphatic heterocycles. The van der Waals surface area contributed by atoms with Crippen molar-refractivity contribution in [2.75, 3.05) is 26.3 Å². The largest absolute Gasteiger partial charge is 0.489 e. The van der Waals surface area contributed by atoms with E-state index in [4.69, 9.17) is 9.47 Å². The van der Waals surface area contributed by atoms with Gasteiger partial charge in [0.2, 0.25) is 5.92 Å². The van der Waals surface area contributed by atoms with E-state index in [1.54, 1.807) is 24.4 Å². The van der Waals surface area contributed by atoms with Crippen molar-refractivity contribution in [3.05, 3.63) is 41.9 Å². The van der Waals surface area contributed by atoms with Crippen molar-refractivity contribution >= 4 is 22.8 Å². The summed E-state index contributed by atoms with van der Waals surface area (Å²) in [5.74, 6) is -4.89. The van der Waals surface area contributed by atoms with Gasteiger partial charge in [0.1, 0.15) is 17.4 Å². The van der Waals surface area contributed by atoms with Crippen molar-refractivity contribution in [3.8, 4) is 17.1 Å². The van der Waals surface area contributed by atoms with Crippen LogP contribution in [0.3, 0.4) is 0 Å². The number of carboxylic acid groups (broad SMARTS) is 1. The number of ether oxygens (including phenoxy) is 2. The highest BCUT2D eigenvalue weighted by Crippen LogP contribution is 2.58. The molecule has 7 aliphatic rings. The molecule has 5 aliphatic carbocycles. The van der Waals surface area contributed by atoms with Gasteiger partial charge in [0.05, 0.1) is 30.3 Å². The number of hydrogen-bond donors (Lipinski definition) is 2. The molecule has 0 spiro atoms. The Kier molecular flexibility index (Phi) is 8.30. The molecule has 1 atom stereocenters. The molecule has 0 unspecified atom stereocenters. The molecule has 5 saturated carbocycles. The van der Waals surface area contributed by atoms with Crippen LogP contribution in [0.25, 0.3) is 22.3 Å². The van der Waals surface area contributed by atoms with Crippen molar-refractivity contribution in [1.82, 2.24) is 24.8 Å². The SMILES string of the molecule is O=C(NC1(C(=O)O)C2CC3CC(C2)CC1C3)c1cnc(-c2cn(C3CCC(F)(F)CC3)c3cc(O[C@H]4CCN(C5COC5)C4)ccc23)nc1C(F)(F)F. The second-order valence-corrected chi connectivity index (χ2v) is 16.3.